The Morgan fingerprint density at radius 3 is 2.80 bits per heavy atom. The summed E-state index contributed by atoms with van der Waals surface area (Å²) >= 11 is 0. The maximum Gasteiger partial charge on any atom is 0.317 e. The predicted molar refractivity (Wildman–Crippen MR) is 91.8 cm³/mol. The number of likely N-dealkylation sites (tertiary alicyclic amines) is 1. The van der Waals surface area contributed by atoms with Gasteiger partial charge in [0.2, 0.25) is 5.88 Å². The minimum absolute atomic E-state index is 0.0935. The number of pyridine rings is 1. The molecule has 7 nitrogen and oxygen atoms in total. The van der Waals surface area contributed by atoms with Crippen molar-refractivity contribution in [2.75, 3.05) is 19.7 Å². The van der Waals surface area contributed by atoms with Crippen LogP contribution in [-0.4, -0.2) is 51.6 Å². The van der Waals surface area contributed by atoms with Crippen molar-refractivity contribution in [3.05, 3.63) is 41.3 Å². The van der Waals surface area contributed by atoms with E-state index in [2.05, 4.69) is 15.0 Å². The van der Waals surface area contributed by atoms with Crippen molar-refractivity contribution in [1.29, 1.82) is 0 Å². The fraction of sp³-hybridized carbons (Fsp3) is 0.444. The first-order valence-electron chi connectivity index (χ1n) is 8.43. The highest BCUT2D eigenvalue weighted by molar-refractivity contribution is 5.96. The SMILES string of the molecule is CCOc1ncccc1C(=O)N1CC[C@H](Oc2nc(C)cc(C)n2)C1. The van der Waals surface area contributed by atoms with Gasteiger partial charge in [0.15, 0.2) is 0 Å². The Bertz CT molecular complexity index is 745. The number of rotatable bonds is 5. The molecule has 0 aromatic carbocycles. The highest BCUT2D eigenvalue weighted by Gasteiger charge is 2.30. The molecule has 0 N–H and O–H groups in total. The van der Waals surface area contributed by atoms with Crippen LogP contribution in [0.15, 0.2) is 24.4 Å². The summed E-state index contributed by atoms with van der Waals surface area (Å²) in [5.74, 6) is 0.279. The first kappa shape index (κ1) is 17.1. The summed E-state index contributed by atoms with van der Waals surface area (Å²) in [4.78, 5) is 27.3. The molecule has 132 valence electrons. The van der Waals surface area contributed by atoms with E-state index in [1.165, 1.54) is 0 Å². The summed E-state index contributed by atoms with van der Waals surface area (Å²) in [6.07, 6.45) is 2.25. The second kappa shape index (κ2) is 7.46. The lowest BCUT2D eigenvalue weighted by atomic mass is 10.2. The number of carbonyl (C=O) groups is 1. The van der Waals surface area contributed by atoms with Gasteiger partial charge in [0.1, 0.15) is 11.7 Å². The molecule has 1 aliphatic rings. The molecule has 1 aliphatic heterocycles. The highest BCUT2D eigenvalue weighted by atomic mass is 16.5. The van der Waals surface area contributed by atoms with Crippen LogP contribution in [-0.2, 0) is 0 Å². The van der Waals surface area contributed by atoms with E-state index in [1.807, 2.05) is 26.8 Å². The molecule has 1 amide bonds. The predicted octanol–water partition coefficient (Wildman–Crippen LogP) is 2.18. The second-order valence-corrected chi connectivity index (χ2v) is 6.00. The normalized spacial score (nSPS) is 16.8. The van der Waals surface area contributed by atoms with E-state index in [0.717, 1.165) is 17.8 Å². The number of aryl methyl sites for hydroxylation is 2. The van der Waals surface area contributed by atoms with Gasteiger partial charge in [-0.3, -0.25) is 4.79 Å². The quantitative estimate of drug-likeness (QED) is 0.829. The van der Waals surface area contributed by atoms with Crippen molar-refractivity contribution in [3.8, 4) is 11.9 Å². The lowest BCUT2D eigenvalue weighted by Gasteiger charge is -2.18. The number of hydrogen-bond donors (Lipinski definition) is 0. The molecule has 0 aliphatic carbocycles. The average Bonchev–Trinajstić information content (AvgIpc) is 3.02. The third-order valence-corrected chi connectivity index (χ3v) is 3.95. The van der Waals surface area contributed by atoms with Crippen molar-refractivity contribution < 1.29 is 14.3 Å². The fourth-order valence-electron chi connectivity index (χ4n) is 2.88. The number of carbonyl (C=O) groups excluding carboxylic acids is 1. The molecule has 0 bridgehead atoms. The van der Waals surface area contributed by atoms with Crippen LogP contribution in [0.1, 0.15) is 35.1 Å². The van der Waals surface area contributed by atoms with Gasteiger partial charge >= 0.3 is 6.01 Å². The van der Waals surface area contributed by atoms with Crippen LogP contribution in [0.3, 0.4) is 0 Å². The van der Waals surface area contributed by atoms with E-state index in [9.17, 15) is 4.79 Å². The Morgan fingerprint density at radius 2 is 2.08 bits per heavy atom. The van der Waals surface area contributed by atoms with Gasteiger partial charge < -0.3 is 14.4 Å². The van der Waals surface area contributed by atoms with E-state index in [4.69, 9.17) is 9.47 Å². The van der Waals surface area contributed by atoms with Crippen LogP contribution >= 0.6 is 0 Å². The molecule has 7 heteroatoms. The molecule has 0 radical (unpaired) electrons. The van der Waals surface area contributed by atoms with Gasteiger partial charge in [-0.05, 0) is 39.0 Å². The molecular weight excluding hydrogens is 320 g/mol. The zero-order valence-corrected chi connectivity index (χ0v) is 14.7. The molecule has 3 heterocycles. The van der Waals surface area contributed by atoms with Crippen LogP contribution in [0.2, 0.25) is 0 Å². The van der Waals surface area contributed by atoms with Crippen molar-refractivity contribution in [2.45, 2.75) is 33.3 Å². The van der Waals surface area contributed by atoms with Gasteiger partial charge in [-0.1, -0.05) is 0 Å². The molecule has 0 spiro atoms. The smallest absolute Gasteiger partial charge is 0.317 e. The van der Waals surface area contributed by atoms with Crippen LogP contribution in [0, 0.1) is 13.8 Å². The molecule has 2 aromatic heterocycles. The minimum atomic E-state index is -0.114. The van der Waals surface area contributed by atoms with Gasteiger partial charge in [-0.25, -0.2) is 15.0 Å². The van der Waals surface area contributed by atoms with Gasteiger partial charge in [0.05, 0.1) is 13.2 Å². The summed E-state index contributed by atoms with van der Waals surface area (Å²) in [7, 11) is 0. The average molecular weight is 342 g/mol. The number of amides is 1. The third-order valence-electron chi connectivity index (χ3n) is 3.95. The summed E-state index contributed by atoms with van der Waals surface area (Å²) in [6, 6.07) is 5.74. The number of ether oxygens (including phenoxy) is 2. The summed E-state index contributed by atoms with van der Waals surface area (Å²) in [6.45, 7) is 7.26. The maximum atomic E-state index is 12.8. The Labute approximate surface area is 147 Å². The van der Waals surface area contributed by atoms with Crippen molar-refractivity contribution in [1.82, 2.24) is 19.9 Å². The van der Waals surface area contributed by atoms with Gasteiger partial charge in [0.25, 0.3) is 5.91 Å². The van der Waals surface area contributed by atoms with Crippen LogP contribution in [0.5, 0.6) is 11.9 Å². The monoisotopic (exact) mass is 342 g/mol. The Balaban J connectivity index is 1.67. The fourth-order valence-corrected chi connectivity index (χ4v) is 2.88. The molecular formula is C18H22N4O3. The van der Waals surface area contributed by atoms with E-state index >= 15 is 0 Å². The zero-order chi connectivity index (χ0) is 17.8. The highest BCUT2D eigenvalue weighted by Crippen LogP contribution is 2.22. The van der Waals surface area contributed by atoms with Crippen molar-refractivity contribution >= 4 is 5.91 Å². The first-order chi connectivity index (χ1) is 12.1. The number of nitrogens with zero attached hydrogens (tertiary/aromatic N) is 4. The van der Waals surface area contributed by atoms with Crippen molar-refractivity contribution in [2.24, 2.45) is 0 Å². The topological polar surface area (TPSA) is 77.4 Å². The molecule has 0 unspecified atom stereocenters. The van der Waals surface area contributed by atoms with E-state index < -0.39 is 0 Å². The van der Waals surface area contributed by atoms with E-state index in [0.29, 0.717) is 37.2 Å². The van der Waals surface area contributed by atoms with Crippen LogP contribution in [0.4, 0.5) is 0 Å². The van der Waals surface area contributed by atoms with E-state index in [1.54, 1.807) is 23.2 Å². The van der Waals surface area contributed by atoms with Crippen LogP contribution < -0.4 is 9.47 Å². The lowest BCUT2D eigenvalue weighted by Crippen LogP contribution is -2.31. The Kier molecular flexibility index (Phi) is 5.11. The van der Waals surface area contributed by atoms with Crippen LogP contribution in [0.25, 0.3) is 0 Å². The molecule has 0 saturated carbocycles. The zero-order valence-electron chi connectivity index (χ0n) is 14.7. The molecule has 1 saturated heterocycles. The maximum absolute atomic E-state index is 12.8. The molecule has 25 heavy (non-hydrogen) atoms. The molecule has 2 aromatic rings. The Hall–Kier alpha value is -2.70. The number of hydrogen-bond acceptors (Lipinski definition) is 6. The first-order valence-corrected chi connectivity index (χ1v) is 8.43. The Morgan fingerprint density at radius 1 is 1.32 bits per heavy atom. The summed E-state index contributed by atoms with van der Waals surface area (Å²) in [5, 5.41) is 0. The van der Waals surface area contributed by atoms with E-state index in [-0.39, 0.29) is 12.0 Å². The molecule has 1 atom stereocenters. The van der Waals surface area contributed by atoms with Gasteiger partial charge in [0, 0.05) is 30.6 Å². The van der Waals surface area contributed by atoms with Gasteiger partial charge in [-0.15, -0.1) is 0 Å². The standard InChI is InChI=1S/C18H22N4O3/c1-4-24-16-15(6-5-8-19-16)17(23)22-9-7-14(11-22)25-18-20-12(2)10-13(3)21-18/h5-6,8,10,14H,4,7,9,11H2,1-3H3/t14-/m0/s1. The minimum Gasteiger partial charge on any atom is -0.477 e. The molecule has 1 fully saturated rings. The summed E-state index contributed by atoms with van der Waals surface area (Å²) in [5.41, 5.74) is 2.21. The van der Waals surface area contributed by atoms with Gasteiger partial charge in [-0.2, -0.15) is 0 Å². The third kappa shape index (κ3) is 4.04. The summed E-state index contributed by atoms with van der Waals surface area (Å²) < 4.78 is 11.3. The second-order valence-electron chi connectivity index (χ2n) is 6.00. The van der Waals surface area contributed by atoms with Crippen molar-refractivity contribution in [3.63, 3.8) is 0 Å². The largest absolute Gasteiger partial charge is 0.477 e. The lowest BCUT2D eigenvalue weighted by molar-refractivity contribution is 0.0764. The molecule has 3 rings (SSSR count). The number of aromatic nitrogens is 3.